The number of carbonyl (C=O) groups is 1. The highest BCUT2D eigenvalue weighted by atomic mass is 16.3. The Labute approximate surface area is 166 Å². The summed E-state index contributed by atoms with van der Waals surface area (Å²) in [6.45, 7) is 7.21. The molecule has 1 N–H and O–H groups in total. The molecule has 0 aliphatic carbocycles. The van der Waals surface area contributed by atoms with E-state index in [9.17, 15) is 4.79 Å². The minimum absolute atomic E-state index is 0.0410. The fraction of sp³-hybridized carbons (Fsp3) is 0.571. The van der Waals surface area contributed by atoms with E-state index in [1.165, 1.54) is 12.8 Å². The molecule has 1 amide bonds. The molecule has 1 fully saturated rings. The smallest absolute Gasteiger partial charge is 0.220 e. The molecule has 1 atom stereocenters. The van der Waals surface area contributed by atoms with Crippen LogP contribution in [-0.4, -0.2) is 40.2 Å². The predicted molar refractivity (Wildman–Crippen MR) is 106 cm³/mol. The number of nitrogens with one attached hydrogen (secondary N) is 1. The second-order valence-electron chi connectivity index (χ2n) is 7.36. The molecule has 0 spiro atoms. The van der Waals surface area contributed by atoms with Crippen molar-refractivity contribution in [3.8, 4) is 6.07 Å². The van der Waals surface area contributed by atoms with Crippen molar-refractivity contribution < 1.29 is 9.21 Å². The first-order chi connectivity index (χ1) is 13.6. The van der Waals surface area contributed by atoms with Crippen molar-refractivity contribution in [2.45, 2.75) is 58.5 Å². The molecule has 0 radical (unpaired) electrons. The lowest BCUT2D eigenvalue weighted by Crippen LogP contribution is -2.36. The van der Waals surface area contributed by atoms with Crippen molar-refractivity contribution in [3.05, 3.63) is 41.1 Å². The van der Waals surface area contributed by atoms with Crippen LogP contribution in [-0.2, 0) is 17.8 Å². The quantitative estimate of drug-likeness (QED) is 0.719. The Hall–Kier alpha value is -2.59. The highest BCUT2D eigenvalue weighted by Gasteiger charge is 2.26. The van der Waals surface area contributed by atoms with E-state index >= 15 is 0 Å². The van der Waals surface area contributed by atoms with Gasteiger partial charge in [0, 0.05) is 18.7 Å². The van der Waals surface area contributed by atoms with Gasteiger partial charge < -0.3 is 9.73 Å². The van der Waals surface area contributed by atoms with Crippen LogP contribution in [0.15, 0.2) is 22.8 Å². The van der Waals surface area contributed by atoms with Crippen LogP contribution in [0.2, 0.25) is 0 Å². The molecule has 1 saturated heterocycles. The Morgan fingerprint density at radius 3 is 2.86 bits per heavy atom. The van der Waals surface area contributed by atoms with Gasteiger partial charge >= 0.3 is 0 Å². The van der Waals surface area contributed by atoms with Crippen LogP contribution in [0.25, 0.3) is 0 Å². The lowest BCUT2D eigenvalue weighted by atomic mass is 10.1. The summed E-state index contributed by atoms with van der Waals surface area (Å²) in [5, 5.41) is 16.4. The predicted octanol–water partition coefficient (Wildman–Crippen LogP) is 2.89. The molecule has 2 aromatic rings. The third kappa shape index (κ3) is 4.82. The van der Waals surface area contributed by atoms with E-state index in [-0.39, 0.29) is 11.9 Å². The Balaban J connectivity index is 1.54. The van der Waals surface area contributed by atoms with Gasteiger partial charge in [-0.25, -0.2) is 0 Å². The summed E-state index contributed by atoms with van der Waals surface area (Å²) in [5.41, 5.74) is 3.09. The van der Waals surface area contributed by atoms with E-state index in [1.54, 1.807) is 6.26 Å². The number of likely N-dealkylation sites (tertiary alicyclic amines) is 1. The summed E-state index contributed by atoms with van der Waals surface area (Å²) in [4.78, 5) is 14.9. The third-order valence-electron chi connectivity index (χ3n) is 5.51. The van der Waals surface area contributed by atoms with Gasteiger partial charge in [0.15, 0.2) is 0 Å². The lowest BCUT2D eigenvalue weighted by Gasteiger charge is -2.26. The largest absolute Gasteiger partial charge is 0.468 e. The molecule has 2 aromatic heterocycles. The fourth-order valence-corrected chi connectivity index (χ4v) is 3.95. The van der Waals surface area contributed by atoms with Crippen LogP contribution in [0.5, 0.6) is 0 Å². The topological polar surface area (TPSA) is 87.1 Å². The van der Waals surface area contributed by atoms with Crippen LogP contribution < -0.4 is 5.32 Å². The van der Waals surface area contributed by atoms with E-state index in [4.69, 9.17) is 9.68 Å². The number of amides is 1. The monoisotopic (exact) mass is 383 g/mol. The average Bonchev–Trinajstić information content (AvgIpc) is 3.43. The van der Waals surface area contributed by atoms with Crippen LogP contribution in [0, 0.1) is 25.2 Å². The van der Waals surface area contributed by atoms with E-state index in [2.05, 4.69) is 21.4 Å². The molecule has 28 heavy (non-hydrogen) atoms. The van der Waals surface area contributed by atoms with Gasteiger partial charge in [-0.3, -0.25) is 14.4 Å². The average molecular weight is 383 g/mol. The van der Waals surface area contributed by atoms with Crippen LogP contribution in [0.3, 0.4) is 0 Å². The number of aryl methyl sites for hydroxylation is 2. The van der Waals surface area contributed by atoms with Crippen molar-refractivity contribution in [2.75, 3.05) is 19.6 Å². The number of hydrogen-bond donors (Lipinski definition) is 1. The van der Waals surface area contributed by atoms with Gasteiger partial charge in [-0.1, -0.05) is 0 Å². The van der Waals surface area contributed by atoms with Gasteiger partial charge in [-0.05, 0) is 63.9 Å². The summed E-state index contributed by atoms with van der Waals surface area (Å²) < 4.78 is 7.48. The third-order valence-corrected chi connectivity index (χ3v) is 5.51. The molecule has 150 valence electrons. The number of hydrogen-bond acceptors (Lipinski definition) is 5. The van der Waals surface area contributed by atoms with Gasteiger partial charge in [0.25, 0.3) is 0 Å². The summed E-state index contributed by atoms with van der Waals surface area (Å²) in [6, 6.07) is 6.13. The summed E-state index contributed by atoms with van der Waals surface area (Å²) >= 11 is 0. The maximum Gasteiger partial charge on any atom is 0.220 e. The maximum absolute atomic E-state index is 12.5. The van der Waals surface area contributed by atoms with E-state index in [1.807, 2.05) is 30.7 Å². The molecule has 3 rings (SSSR count). The van der Waals surface area contributed by atoms with Gasteiger partial charge in [0.1, 0.15) is 5.76 Å². The molecule has 0 saturated carbocycles. The van der Waals surface area contributed by atoms with Crippen LogP contribution >= 0.6 is 0 Å². The number of nitrogens with zero attached hydrogens (tertiary/aromatic N) is 4. The number of nitriles is 1. The number of carbonyl (C=O) groups excluding carboxylic acids is 1. The highest BCUT2D eigenvalue weighted by molar-refractivity contribution is 5.76. The Morgan fingerprint density at radius 1 is 1.39 bits per heavy atom. The normalized spacial score (nSPS) is 15.5. The molecule has 7 nitrogen and oxygen atoms in total. The van der Waals surface area contributed by atoms with Gasteiger partial charge in [0.2, 0.25) is 5.91 Å². The second kappa shape index (κ2) is 9.56. The molecule has 3 heterocycles. The Bertz CT molecular complexity index is 813. The zero-order valence-corrected chi connectivity index (χ0v) is 16.8. The maximum atomic E-state index is 12.5. The van der Waals surface area contributed by atoms with Crippen molar-refractivity contribution >= 4 is 5.91 Å². The van der Waals surface area contributed by atoms with Crippen molar-refractivity contribution in [2.24, 2.45) is 0 Å². The van der Waals surface area contributed by atoms with Crippen molar-refractivity contribution in [1.29, 1.82) is 5.26 Å². The number of rotatable bonds is 9. The standard InChI is InChI=1S/C21H29N5O2/c1-16-18(17(2)26(24-16)13-6-10-22)8-9-21(27)23-15-19(20-7-5-14-28-20)25-11-3-4-12-25/h5,7,14,19H,3-4,6,8-9,11-13,15H2,1-2H3,(H,23,27)/t19-/m1/s1. The molecular weight excluding hydrogens is 354 g/mol. The van der Waals surface area contributed by atoms with Crippen LogP contribution in [0.1, 0.15) is 54.4 Å². The minimum atomic E-state index is 0.0410. The zero-order valence-electron chi connectivity index (χ0n) is 16.8. The lowest BCUT2D eigenvalue weighted by molar-refractivity contribution is -0.121. The first kappa shape index (κ1) is 20.2. The van der Waals surface area contributed by atoms with E-state index in [0.29, 0.717) is 32.4 Å². The minimum Gasteiger partial charge on any atom is -0.468 e. The first-order valence-electron chi connectivity index (χ1n) is 10.0. The zero-order chi connectivity index (χ0) is 19.9. The van der Waals surface area contributed by atoms with Crippen molar-refractivity contribution in [1.82, 2.24) is 20.0 Å². The Morgan fingerprint density at radius 2 is 2.18 bits per heavy atom. The molecular formula is C21H29N5O2. The van der Waals surface area contributed by atoms with Gasteiger partial charge in [-0.2, -0.15) is 10.4 Å². The molecule has 0 bridgehead atoms. The first-order valence-corrected chi connectivity index (χ1v) is 10.0. The molecule has 0 unspecified atom stereocenters. The van der Waals surface area contributed by atoms with Crippen molar-refractivity contribution in [3.63, 3.8) is 0 Å². The molecule has 1 aliphatic heterocycles. The molecule has 1 aliphatic rings. The van der Waals surface area contributed by atoms with Gasteiger partial charge in [0.05, 0.1) is 37.0 Å². The SMILES string of the molecule is Cc1nn(CCC#N)c(C)c1CCC(=O)NC[C@H](c1ccco1)N1CCCC1. The number of aromatic nitrogens is 2. The molecule has 7 heteroatoms. The summed E-state index contributed by atoms with van der Waals surface area (Å²) in [7, 11) is 0. The fourth-order valence-electron chi connectivity index (χ4n) is 3.95. The van der Waals surface area contributed by atoms with Crippen LogP contribution in [0.4, 0.5) is 0 Å². The summed E-state index contributed by atoms with van der Waals surface area (Å²) in [5.74, 6) is 0.951. The Kier molecular flexibility index (Phi) is 6.88. The highest BCUT2D eigenvalue weighted by Crippen LogP contribution is 2.25. The second-order valence-corrected chi connectivity index (χ2v) is 7.36. The van der Waals surface area contributed by atoms with E-state index in [0.717, 1.165) is 35.8 Å². The molecule has 0 aromatic carbocycles. The number of furan rings is 1. The summed E-state index contributed by atoms with van der Waals surface area (Å²) in [6.07, 6.45) is 5.60. The van der Waals surface area contributed by atoms with Gasteiger partial charge in [-0.15, -0.1) is 0 Å². The van der Waals surface area contributed by atoms with E-state index < -0.39 is 0 Å².